The number of amides is 1. The van der Waals surface area contributed by atoms with Gasteiger partial charge in [0.15, 0.2) is 0 Å². The molecule has 1 heterocycles. The molecule has 158 valence electrons. The van der Waals surface area contributed by atoms with E-state index in [2.05, 4.69) is 16.9 Å². The number of hydrogen-bond donors (Lipinski definition) is 1. The molecule has 6 heteroatoms. The number of carbonyl (C=O) groups excluding carboxylic acids is 1. The van der Waals surface area contributed by atoms with E-state index in [1.165, 1.54) is 0 Å². The zero-order valence-corrected chi connectivity index (χ0v) is 17.9. The van der Waals surface area contributed by atoms with Crippen LogP contribution in [0.3, 0.4) is 0 Å². The minimum atomic E-state index is -0.187. The van der Waals surface area contributed by atoms with Crippen LogP contribution in [0, 0.1) is 0 Å². The molecule has 0 radical (unpaired) electrons. The fraction of sp³-hybridized carbons (Fsp3) is 0.375. The van der Waals surface area contributed by atoms with Gasteiger partial charge in [-0.15, -0.1) is 0 Å². The Hall–Kier alpha value is -2.99. The van der Waals surface area contributed by atoms with Gasteiger partial charge in [-0.1, -0.05) is 37.6 Å². The molecule has 0 aliphatic heterocycles. The van der Waals surface area contributed by atoms with Crippen LogP contribution < -0.4 is 5.56 Å². The minimum Gasteiger partial charge on any atom is -0.374 e. The summed E-state index contributed by atoms with van der Waals surface area (Å²) >= 11 is 0. The maximum absolute atomic E-state index is 13.2. The number of ether oxygens (including phenoxy) is 1. The molecule has 0 saturated carbocycles. The molecule has 1 N–H and O–H groups in total. The first-order chi connectivity index (χ1) is 14.5. The van der Waals surface area contributed by atoms with E-state index in [1.807, 2.05) is 56.3 Å². The minimum absolute atomic E-state index is 0.0735. The first kappa shape index (κ1) is 21.7. The SMILES string of the molecule is CCCCN(Cc1nc2ccccc2c(=O)[nH]1)C(=O)c1ccc(COC(C)C)cc1. The fourth-order valence-corrected chi connectivity index (χ4v) is 3.18. The number of nitrogens with one attached hydrogen (secondary N) is 1. The topological polar surface area (TPSA) is 75.3 Å². The zero-order chi connectivity index (χ0) is 21.5. The second-order valence-corrected chi connectivity index (χ2v) is 7.67. The first-order valence-electron chi connectivity index (χ1n) is 10.5. The Morgan fingerprint density at radius 2 is 1.87 bits per heavy atom. The van der Waals surface area contributed by atoms with Crippen LogP contribution in [0.4, 0.5) is 0 Å². The fourth-order valence-electron chi connectivity index (χ4n) is 3.18. The van der Waals surface area contributed by atoms with Gasteiger partial charge in [0.1, 0.15) is 5.82 Å². The lowest BCUT2D eigenvalue weighted by Gasteiger charge is -2.22. The Balaban J connectivity index is 1.80. The van der Waals surface area contributed by atoms with Crippen molar-refractivity contribution < 1.29 is 9.53 Å². The van der Waals surface area contributed by atoms with Crippen LogP contribution in [0.25, 0.3) is 10.9 Å². The van der Waals surface area contributed by atoms with Crippen molar-refractivity contribution >= 4 is 16.8 Å². The Kier molecular flexibility index (Phi) is 7.36. The highest BCUT2D eigenvalue weighted by molar-refractivity contribution is 5.94. The summed E-state index contributed by atoms with van der Waals surface area (Å²) in [6.45, 7) is 7.46. The summed E-state index contributed by atoms with van der Waals surface area (Å²) in [5, 5.41) is 0.548. The molecule has 0 aliphatic carbocycles. The summed E-state index contributed by atoms with van der Waals surface area (Å²) < 4.78 is 5.62. The van der Waals surface area contributed by atoms with E-state index in [-0.39, 0.29) is 24.1 Å². The molecule has 0 aliphatic rings. The standard InChI is InChI=1S/C24H29N3O3/c1-4-5-14-27(15-22-25-21-9-7-6-8-20(21)23(28)26-22)24(29)19-12-10-18(11-13-19)16-30-17(2)3/h6-13,17H,4-5,14-16H2,1-3H3,(H,25,26,28). The summed E-state index contributed by atoms with van der Waals surface area (Å²) in [7, 11) is 0. The van der Waals surface area contributed by atoms with E-state index in [1.54, 1.807) is 11.0 Å². The van der Waals surface area contributed by atoms with Gasteiger partial charge in [0.05, 0.1) is 30.2 Å². The summed E-state index contributed by atoms with van der Waals surface area (Å²) in [5.74, 6) is 0.417. The number of fused-ring (bicyclic) bond motifs is 1. The van der Waals surface area contributed by atoms with Crippen molar-refractivity contribution in [2.75, 3.05) is 6.54 Å². The molecular formula is C24H29N3O3. The largest absolute Gasteiger partial charge is 0.374 e. The lowest BCUT2D eigenvalue weighted by atomic mass is 10.1. The van der Waals surface area contributed by atoms with E-state index < -0.39 is 0 Å². The van der Waals surface area contributed by atoms with Gasteiger partial charge in [-0.3, -0.25) is 9.59 Å². The summed E-state index contributed by atoms with van der Waals surface area (Å²) in [6, 6.07) is 14.7. The van der Waals surface area contributed by atoms with Gasteiger partial charge in [0.2, 0.25) is 0 Å². The Morgan fingerprint density at radius 3 is 2.57 bits per heavy atom. The molecular weight excluding hydrogens is 378 g/mol. The number of nitrogens with zero attached hydrogens (tertiary/aromatic N) is 2. The number of rotatable bonds is 9. The number of unbranched alkanes of at least 4 members (excludes halogenated alkanes) is 1. The van der Waals surface area contributed by atoms with Crippen LogP contribution in [0.1, 0.15) is 55.4 Å². The van der Waals surface area contributed by atoms with E-state index >= 15 is 0 Å². The lowest BCUT2D eigenvalue weighted by molar-refractivity contribution is 0.0655. The Labute approximate surface area is 176 Å². The van der Waals surface area contributed by atoms with Crippen LogP contribution in [0.15, 0.2) is 53.3 Å². The number of H-pyrrole nitrogens is 1. The predicted molar refractivity (Wildman–Crippen MR) is 118 cm³/mol. The van der Waals surface area contributed by atoms with Crippen LogP contribution in [0.2, 0.25) is 0 Å². The van der Waals surface area contributed by atoms with Gasteiger partial charge >= 0.3 is 0 Å². The van der Waals surface area contributed by atoms with E-state index in [9.17, 15) is 9.59 Å². The third-order valence-corrected chi connectivity index (χ3v) is 4.86. The van der Waals surface area contributed by atoms with E-state index in [0.717, 1.165) is 18.4 Å². The van der Waals surface area contributed by atoms with Crippen molar-refractivity contribution in [3.8, 4) is 0 Å². The van der Waals surface area contributed by atoms with Gasteiger partial charge in [-0.2, -0.15) is 0 Å². The zero-order valence-electron chi connectivity index (χ0n) is 17.9. The van der Waals surface area contributed by atoms with E-state index in [0.29, 0.717) is 35.4 Å². The Morgan fingerprint density at radius 1 is 1.13 bits per heavy atom. The van der Waals surface area contributed by atoms with Crippen LogP contribution in [-0.4, -0.2) is 33.4 Å². The Bertz CT molecular complexity index is 1040. The normalized spacial score (nSPS) is 11.2. The van der Waals surface area contributed by atoms with Gasteiger partial charge in [0, 0.05) is 12.1 Å². The first-order valence-corrected chi connectivity index (χ1v) is 10.5. The number of aromatic nitrogens is 2. The third-order valence-electron chi connectivity index (χ3n) is 4.86. The van der Waals surface area contributed by atoms with Gasteiger partial charge < -0.3 is 14.6 Å². The molecule has 0 atom stereocenters. The molecule has 2 aromatic carbocycles. The van der Waals surface area contributed by atoms with Crippen molar-refractivity contribution in [1.82, 2.24) is 14.9 Å². The average molecular weight is 408 g/mol. The van der Waals surface area contributed by atoms with Crippen molar-refractivity contribution in [3.05, 3.63) is 75.8 Å². The van der Waals surface area contributed by atoms with Crippen LogP contribution in [-0.2, 0) is 17.9 Å². The monoisotopic (exact) mass is 407 g/mol. The molecule has 3 rings (SSSR count). The van der Waals surface area contributed by atoms with Gasteiger partial charge in [-0.25, -0.2) is 4.98 Å². The summed E-state index contributed by atoms with van der Waals surface area (Å²) in [5.41, 5.74) is 2.09. The third kappa shape index (κ3) is 5.54. The summed E-state index contributed by atoms with van der Waals surface area (Å²) in [6.07, 6.45) is 2.01. The molecule has 0 bridgehead atoms. The molecule has 0 saturated heterocycles. The van der Waals surface area contributed by atoms with Gasteiger partial charge in [0.25, 0.3) is 11.5 Å². The molecule has 0 unspecified atom stereocenters. The number of hydrogen-bond acceptors (Lipinski definition) is 4. The number of para-hydroxylation sites is 1. The van der Waals surface area contributed by atoms with Crippen molar-refractivity contribution in [3.63, 3.8) is 0 Å². The molecule has 1 amide bonds. The molecule has 3 aromatic rings. The van der Waals surface area contributed by atoms with Crippen LogP contribution in [0.5, 0.6) is 0 Å². The number of benzene rings is 2. The quantitative estimate of drug-likeness (QED) is 0.574. The second-order valence-electron chi connectivity index (χ2n) is 7.67. The second kappa shape index (κ2) is 10.2. The summed E-state index contributed by atoms with van der Waals surface area (Å²) in [4.78, 5) is 34.6. The average Bonchev–Trinajstić information content (AvgIpc) is 2.75. The van der Waals surface area contributed by atoms with E-state index in [4.69, 9.17) is 4.74 Å². The highest BCUT2D eigenvalue weighted by atomic mass is 16.5. The number of aromatic amines is 1. The van der Waals surface area contributed by atoms with Crippen molar-refractivity contribution in [2.24, 2.45) is 0 Å². The number of carbonyl (C=O) groups is 1. The maximum atomic E-state index is 13.2. The highest BCUT2D eigenvalue weighted by Crippen LogP contribution is 2.13. The molecule has 0 spiro atoms. The molecule has 6 nitrogen and oxygen atoms in total. The highest BCUT2D eigenvalue weighted by Gasteiger charge is 2.17. The van der Waals surface area contributed by atoms with Crippen LogP contribution >= 0.6 is 0 Å². The smallest absolute Gasteiger partial charge is 0.258 e. The van der Waals surface area contributed by atoms with Gasteiger partial charge in [-0.05, 0) is 50.1 Å². The molecule has 0 fully saturated rings. The molecule has 1 aromatic heterocycles. The predicted octanol–water partition coefficient (Wildman–Crippen LogP) is 4.29. The maximum Gasteiger partial charge on any atom is 0.258 e. The van der Waals surface area contributed by atoms with Crippen molar-refractivity contribution in [2.45, 2.75) is 52.9 Å². The lowest BCUT2D eigenvalue weighted by Crippen LogP contribution is -2.33. The molecule has 30 heavy (non-hydrogen) atoms. The van der Waals surface area contributed by atoms with Crippen molar-refractivity contribution in [1.29, 1.82) is 0 Å².